The molecule has 0 radical (unpaired) electrons. The first-order chi connectivity index (χ1) is 9.25. The monoisotopic (exact) mass is 266 g/mol. The molecule has 0 aromatic heterocycles. The molecule has 2 saturated heterocycles. The maximum Gasteiger partial charge on any atom is 0.225 e. The Bertz CT molecular complexity index is 354. The molecule has 0 unspecified atom stereocenters. The molecular formula is C14H22N2O3. The van der Waals surface area contributed by atoms with Crippen LogP contribution in [-0.4, -0.2) is 61.0 Å². The Hall–Kier alpha value is -1.10. The maximum absolute atomic E-state index is 12.3. The molecule has 0 bridgehead atoms. The fourth-order valence-electron chi connectivity index (χ4n) is 2.94. The predicted molar refractivity (Wildman–Crippen MR) is 69.4 cm³/mol. The number of hydrogen-bond acceptors (Lipinski definition) is 3. The van der Waals surface area contributed by atoms with Crippen LogP contribution in [-0.2, 0) is 14.3 Å². The lowest BCUT2D eigenvalue weighted by molar-refractivity contribution is -0.144. The summed E-state index contributed by atoms with van der Waals surface area (Å²) in [4.78, 5) is 28.2. The molecule has 0 aromatic rings. The standard InChI is InChI=1S/C14H22N2O3/c17-13(11-1-2-11)15-5-7-16(8-6-15)14(18)12-3-9-19-10-4-12/h11-12H,1-10H2. The molecule has 2 heterocycles. The number of amides is 2. The normalized spacial score (nSPS) is 25.5. The summed E-state index contributed by atoms with van der Waals surface area (Å²) in [6, 6.07) is 0. The summed E-state index contributed by atoms with van der Waals surface area (Å²) in [6.45, 7) is 4.24. The van der Waals surface area contributed by atoms with Gasteiger partial charge in [0.2, 0.25) is 11.8 Å². The summed E-state index contributed by atoms with van der Waals surface area (Å²) in [5.41, 5.74) is 0. The van der Waals surface area contributed by atoms with E-state index >= 15 is 0 Å². The van der Waals surface area contributed by atoms with Crippen molar-refractivity contribution >= 4 is 11.8 Å². The van der Waals surface area contributed by atoms with Crippen LogP contribution in [0.25, 0.3) is 0 Å². The van der Waals surface area contributed by atoms with E-state index in [9.17, 15) is 9.59 Å². The first-order valence-corrected chi connectivity index (χ1v) is 7.41. The number of carbonyl (C=O) groups is 2. The summed E-state index contributed by atoms with van der Waals surface area (Å²) < 4.78 is 5.30. The largest absolute Gasteiger partial charge is 0.381 e. The highest BCUT2D eigenvalue weighted by molar-refractivity contribution is 5.82. The zero-order chi connectivity index (χ0) is 13.2. The van der Waals surface area contributed by atoms with Crippen LogP contribution in [0.4, 0.5) is 0 Å². The second-order valence-corrected chi connectivity index (χ2v) is 5.81. The van der Waals surface area contributed by atoms with Crippen molar-refractivity contribution in [1.82, 2.24) is 9.80 Å². The summed E-state index contributed by atoms with van der Waals surface area (Å²) in [7, 11) is 0. The third-order valence-electron chi connectivity index (χ3n) is 4.40. The minimum absolute atomic E-state index is 0.138. The van der Waals surface area contributed by atoms with Gasteiger partial charge in [-0.05, 0) is 25.7 Å². The molecular weight excluding hydrogens is 244 g/mol. The van der Waals surface area contributed by atoms with E-state index in [0.717, 1.165) is 25.7 Å². The maximum atomic E-state index is 12.3. The van der Waals surface area contributed by atoms with Crippen molar-refractivity contribution < 1.29 is 14.3 Å². The van der Waals surface area contributed by atoms with E-state index in [0.29, 0.717) is 45.3 Å². The molecule has 5 heteroatoms. The lowest BCUT2D eigenvalue weighted by atomic mass is 9.98. The lowest BCUT2D eigenvalue weighted by Crippen LogP contribution is -2.52. The molecule has 5 nitrogen and oxygen atoms in total. The third kappa shape index (κ3) is 2.91. The Morgan fingerprint density at radius 3 is 1.58 bits per heavy atom. The van der Waals surface area contributed by atoms with Crippen LogP contribution in [0.5, 0.6) is 0 Å². The molecule has 0 N–H and O–H groups in total. The topological polar surface area (TPSA) is 49.9 Å². The van der Waals surface area contributed by atoms with Crippen LogP contribution in [0, 0.1) is 11.8 Å². The number of hydrogen-bond donors (Lipinski definition) is 0. The molecule has 0 aromatic carbocycles. The van der Waals surface area contributed by atoms with E-state index in [1.807, 2.05) is 9.80 Å². The number of ether oxygens (including phenoxy) is 1. The number of carbonyl (C=O) groups excluding carboxylic acids is 2. The second-order valence-electron chi connectivity index (χ2n) is 5.81. The van der Waals surface area contributed by atoms with Gasteiger partial charge in [-0.25, -0.2) is 0 Å². The summed E-state index contributed by atoms with van der Waals surface area (Å²) >= 11 is 0. The SMILES string of the molecule is O=C(C1CCOCC1)N1CCN(C(=O)C2CC2)CC1. The first kappa shape index (κ1) is 12.9. The molecule has 19 heavy (non-hydrogen) atoms. The van der Waals surface area contributed by atoms with Crippen LogP contribution >= 0.6 is 0 Å². The van der Waals surface area contributed by atoms with Crippen molar-refractivity contribution in [1.29, 1.82) is 0 Å². The smallest absolute Gasteiger partial charge is 0.225 e. The van der Waals surface area contributed by atoms with Crippen molar-refractivity contribution in [2.45, 2.75) is 25.7 Å². The molecule has 106 valence electrons. The second kappa shape index (κ2) is 5.49. The molecule has 1 aliphatic carbocycles. The van der Waals surface area contributed by atoms with Crippen molar-refractivity contribution in [3.8, 4) is 0 Å². The van der Waals surface area contributed by atoms with E-state index in [1.165, 1.54) is 0 Å². The van der Waals surface area contributed by atoms with Crippen molar-refractivity contribution in [3.63, 3.8) is 0 Å². The van der Waals surface area contributed by atoms with Gasteiger partial charge >= 0.3 is 0 Å². The highest BCUT2D eigenvalue weighted by atomic mass is 16.5. The highest BCUT2D eigenvalue weighted by Gasteiger charge is 2.36. The van der Waals surface area contributed by atoms with Gasteiger partial charge in [-0.3, -0.25) is 9.59 Å². The molecule has 0 spiro atoms. The molecule has 2 amide bonds. The molecule has 3 aliphatic rings. The Morgan fingerprint density at radius 2 is 1.16 bits per heavy atom. The van der Waals surface area contributed by atoms with Gasteiger partial charge in [-0.1, -0.05) is 0 Å². The van der Waals surface area contributed by atoms with Gasteiger partial charge in [0, 0.05) is 51.2 Å². The van der Waals surface area contributed by atoms with Gasteiger partial charge in [0.05, 0.1) is 0 Å². The van der Waals surface area contributed by atoms with Crippen molar-refractivity contribution in [2.24, 2.45) is 11.8 Å². The zero-order valence-corrected chi connectivity index (χ0v) is 11.3. The fourth-order valence-corrected chi connectivity index (χ4v) is 2.94. The minimum Gasteiger partial charge on any atom is -0.381 e. The van der Waals surface area contributed by atoms with Gasteiger partial charge in [-0.2, -0.15) is 0 Å². The average Bonchev–Trinajstić information content (AvgIpc) is 3.31. The van der Waals surface area contributed by atoms with Gasteiger partial charge in [0.25, 0.3) is 0 Å². The Kier molecular flexibility index (Phi) is 3.73. The van der Waals surface area contributed by atoms with E-state index in [-0.39, 0.29) is 17.7 Å². The summed E-state index contributed by atoms with van der Waals surface area (Å²) in [6.07, 6.45) is 3.81. The Balaban J connectivity index is 1.48. The number of rotatable bonds is 2. The Labute approximate surface area is 113 Å². The Morgan fingerprint density at radius 1 is 0.737 bits per heavy atom. The molecule has 1 saturated carbocycles. The first-order valence-electron chi connectivity index (χ1n) is 7.41. The van der Waals surface area contributed by atoms with Gasteiger partial charge in [0.1, 0.15) is 0 Å². The molecule has 0 atom stereocenters. The van der Waals surface area contributed by atoms with Crippen LogP contribution < -0.4 is 0 Å². The molecule has 3 fully saturated rings. The van der Waals surface area contributed by atoms with Gasteiger partial charge in [0.15, 0.2) is 0 Å². The van der Waals surface area contributed by atoms with Crippen LogP contribution in [0.3, 0.4) is 0 Å². The minimum atomic E-state index is 0.138. The summed E-state index contributed by atoms with van der Waals surface area (Å²) in [5.74, 6) is 0.997. The van der Waals surface area contributed by atoms with E-state index < -0.39 is 0 Å². The molecule has 2 aliphatic heterocycles. The van der Waals surface area contributed by atoms with Gasteiger partial charge < -0.3 is 14.5 Å². The highest BCUT2D eigenvalue weighted by Crippen LogP contribution is 2.31. The van der Waals surface area contributed by atoms with Crippen LogP contribution in [0.2, 0.25) is 0 Å². The third-order valence-corrected chi connectivity index (χ3v) is 4.40. The van der Waals surface area contributed by atoms with Crippen LogP contribution in [0.1, 0.15) is 25.7 Å². The van der Waals surface area contributed by atoms with Gasteiger partial charge in [-0.15, -0.1) is 0 Å². The number of nitrogens with zero attached hydrogens (tertiary/aromatic N) is 2. The summed E-state index contributed by atoms with van der Waals surface area (Å²) in [5, 5.41) is 0. The van der Waals surface area contributed by atoms with Crippen molar-refractivity contribution in [2.75, 3.05) is 39.4 Å². The van der Waals surface area contributed by atoms with E-state index in [4.69, 9.17) is 4.74 Å². The average molecular weight is 266 g/mol. The van der Waals surface area contributed by atoms with E-state index in [2.05, 4.69) is 0 Å². The quantitative estimate of drug-likeness (QED) is 0.731. The van der Waals surface area contributed by atoms with Crippen LogP contribution in [0.15, 0.2) is 0 Å². The van der Waals surface area contributed by atoms with Crippen molar-refractivity contribution in [3.05, 3.63) is 0 Å². The van der Waals surface area contributed by atoms with E-state index in [1.54, 1.807) is 0 Å². The number of piperazine rings is 1. The predicted octanol–water partition coefficient (Wildman–Crippen LogP) is 0.494. The zero-order valence-electron chi connectivity index (χ0n) is 11.3. The lowest BCUT2D eigenvalue weighted by Gasteiger charge is -2.37. The fraction of sp³-hybridized carbons (Fsp3) is 0.857. The molecule has 3 rings (SSSR count).